The molecular formula is C37H36N2O2S. The number of nitrogens with zero attached hydrogens (tertiary/aromatic N) is 2. The van der Waals surface area contributed by atoms with Gasteiger partial charge in [0.25, 0.3) is 0 Å². The minimum absolute atomic E-state index is 0.229. The van der Waals surface area contributed by atoms with Crippen LogP contribution < -0.4 is 4.90 Å². The molecule has 0 aliphatic rings. The van der Waals surface area contributed by atoms with Gasteiger partial charge in [-0.2, -0.15) is 0 Å². The fourth-order valence-electron chi connectivity index (χ4n) is 5.21. The summed E-state index contributed by atoms with van der Waals surface area (Å²) in [5.41, 5.74) is 6.88. The first-order valence-corrected chi connectivity index (χ1v) is 15.7. The maximum Gasteiger partial charge on any atom is 0.135 e. The summed E-state index contributed by atoms with van der Waals surface area (Å²) >= 11 is 1.59. The molecule has 4 nitrogen and oxygen atoms in total. The van der Waals surface area contributed by atoms with Gasteiger partial charge in [-0.1, -0.05) is 69.2 Å². The summed E-state index contributed by atoms with van der Waals surface area (Å²) in [6.07, 6.45) is 8.89. The molecule has 6 rings (SSSR count). The predicted molar refractivity (Wildman–Crippen MR) is 179 cm³/mol. The third-order valence-electron chi connectivity index (χ3n) is 7.64. The lowest BCUT2D eigenvalue weighted by molar-refractivity contribution is 0.477. The van der Waals surface area contributed by atoms with E-state index in [2.05, 4.69) is 78.3 Å². The van der Waals surface area contributed by atoms with Crippen LogP contribution in [0.25, 0.3) is 55.2 Å². The third kappa shape index (κ3) is 6.12. The van der Waals surface area contributed by atoms with Crippen molar-refractivity contribution in [2.24, 2.45) is 0 Å². The van der Waals surface area contributed by atoms with E-state index in [1.807, 2.05) is 42.5 Å². The predicted octanol–water partition coefficient (Wildman–Crippen LogP) is 10.7. The van der Waals surface area contributed by atoms with Crippen LogP contribution in [0.5, 0.6) is 5.75 Å². The Labute approximate surface area is 251 Å². The molecule has 0 unspecified atom stereocenters. The lowest BCUT2D eigenvalue weighted by atomic mass is 10.1. The Kier molecular flexibility index (Phi) is 8.38. The molecule has 0 saturated heterocycles. The highest BCUT2D eigenvalue weighted by atomic mass is 32.1. The van der Waals surface area contributed by atoms with Gasteiger partial charge < -0.3 is 14.4 Å². The van der Waals surface area contributed by atoms with Gasteiger partial charge in [-0.05, 0) is 84.6 Å². The Bertz CT molecular complexity index is 1790. The van der Waals surface area contributed by atoms with Gasteiger partial charge >= 0.3 is 0 Å². The lowest BCUT2D eigenvalue weighted by Crippen LogP contribution is -2.25. The van der Waals surface area contributed by atoms with Crippen LogP contribution in [0.4, 0.5) is 5.69 Å². The second-order valence-corrected chi connectivity index (χ2v) is 11.8. The maximum atomic E-state index is 10.8. The first-order chi connectivity index (χ1) is 20.6. The molecule has 0 spiro atoms. The number of phenols is 1. The van der Waals surface area contributed by atoms with Crippen molar-refractivity contribution in [3.63, 3.8) is 0 Å². The van der Waals surface area contributed by atoms with Crippen molar-refractivity contribution >= 4 is 50.4 Å². The summed E-state index contributed by atoms with van der Waals surface area (Å²) in [5.74, 6) is 1.11. The Morgan fingerprint density at radius 2 is 1.52 bits per heavy atom. The number of hydrogen-bond donors (Lipinski definition) is 1. The van der Waals surface area contributed by atoms with Crippen molar-refractivity contribution in [2.75, 3.05) is 18.0 Å². The Hall–Kier alpha value is -4.35. The normalized spacial score (nSPS) is 11.7. The highest BCUT2D eigenvalue weighted by molar-refractivity contribution is 7.21. The summed E-state index contributed by atoms with van der Waals surface area (Å²) in [7, 11) is 0. The van der Waals surface area contributed by atoms with Crippen LogP contribution in [0, 0.1) is 0 Å². The Morgan fingerprint density at radius 1 is 0.810 bits per heavy atom. The zero-order valence-corrected chi connectivity index (χ0v) is 25.0. The molecule has 0 aliphatic carbocycles. The van der Waals surface area contributed by atoms with Crippen LogP contribution in [-0.4, -0.2) is 23.2 Å². The molecule has 6 aromatic rings. The number of para-hydroxylation sites is 1. The van der Waals surface area contributed by atoms with E-state index in [1.165, 1.54) is 31.4 Å². The SMILES string of the molecule is CCCCN(CCCC)c1ccc(-c2cc3ccc(/C=C/c4ccc(-c5nc6ccccc6s5)c(O)c4)cc3o2)cc1. The minimum Gasteiger partial charge on any atom is -0.507 e. The van der Waals surface area contributed by atoms with Crippen molar-refractivity contribution in [3.05, 3.63) is 102 Å². The number of aromatic nitrogens is 1. The van der Waals surface area contributed by atoms with Crippen LogP contribution in [0.3, 0.4) is 0 Å². The van der Waals surface area contributed by atoms with E-state index in [9.17, 15) is 5.11 Å². The van der Waals surface area contributed by atoms with Crippen LogP contribution >= 0.6 is 11.3 Å². The fourth-order valence-corrected chi connectivity index (χ4v) is 6.21. The second kappa shape index (κ2) is 12.7. The summed E-state index contributed by atoms with van der Waals surface area (Å²) < 4.78 is 7.40. The molecular weight excluding hydrogens is 536 g/mol. The van der Waals surface area contributed by atoms with Crippen molar-refractivity contribution in [1.29, 1.82) is 0 Å². The van der Waals surface area contributed by atoms with Gasteiger partial charge in [0, 0.05) is 29.7 Å². The number of hydrogen-bond acceptors (Lipinski definition) is 5. The summed E-state index contributed by atoms with van der Waals surface area (Å²) in [6.45, 7) is 6.70. The van der Waals surface area contributed by atoms with E-state index in [-0.39, 0.29) is 5.75 Å². The van der Waals surface area contributed by atoms with E-state index in [4.69, 9.17) is 4.42 Å². The van der Waals surface area contributed by atoms with Crippen molar-refractivity contribution < 1.29 is 9.52 Å². The van der Waals surface area contributed by atoms with Gasteiger partial charge in [0.15, 0.2) is 0 Å². The van der Waals surface area contributed by atoms with Gasteiger partial charge in [0.1, 0.15) is 22.1 Å². The fraction of sp³-hybridized carbons (Fsp3) is 0.216. The molecule has 2 heterocycles. The molecule has 2 aromatic heterocycles. The number of phenolic OH excluding ortho intramolecular Hbond substituents is 1. The zero-order valence-electron chi connectivity index (χ0n) is 24.2. The lowest BCUT2D eigenvalue weighted by Gasteiger charge is -2.24. The average molecular weight is 573 g/mol. The standard InChI is InChI=1S/C37H36N2O2S/c1-3-5-21-39(22-6-4-2)30-18-16-28(17-19-30)35-25-29-15-13-27(24-34(29)41-35)12-11-26-14-20-31(33(40)23-26)37-38-32-9-7-8-10-36(32)42-37/h7-20,23-25,40H,3-6,21-22H2,1-2H3/b12-11+. The van der Waals surface area contributed by atoms with Gasteiger partial charge in [-0.15, -0.1) is 11.3 Å². The molecule has 1 N–H and O–H groups in total. The van der Waals surface area contributed by atoms with Gasteiger partial charge in [-0.25, -0.2) is 4.98 Å². The molecule has 5 heteroatoms. The number of benzene rings is 4. The highest BCUT2D eigenvalue weighted by Gasteiger charge is 2.12. The van der Waals surface area contributed by atoms with Crippen LogP contribution in [0.2, 0.25) is 0 Å². The molecule has 0 bridgehead atoms. The average Bonchev–Trinajstić information content (AvgIpc) is 3.64. The maximum absolute atomic E-state index is 10.8. The first-order valence-electron chi connectivity index (χ1n) is 14.9. The van der Waals surface area contributed by atoms with Gasteiger partial charge in [0.2, 0.25) is 0 Å². The van der Waals surface area contributed by atoms with Crippen molar-refractivity contribution in [1.82, 2.24) is 4.98 Å². The van der Waals surface area contributed by atoms with Crippen LogP contribution in [-0.2, 0) is 0 Å². The van der Waals surface area contributed by atoms with E-state index < -0.39 is 0 Å². The Morgan fingerprint density at radius 3 is 2.24 bits per heavy atom. The van der Waals surface area contributed by atoms with E-state index >= 15 is 0 Å². The number of aromatic hydroxyl groups is 1. The van der Waals surface area contributed by atoms with Crippen LogP contribution in [0.1, 0.15) is 50.7 Å². The molecule has 0 saturated carbocycles. The number of fused-ring (bicyclic) bond motifs is 2. The third-order valence-corrected chi connectivity index (χ3v) is 8.71. The smallest absolute Gasteiger partial charge is 0.135 e. The number of unbranched alkanes of at least 4 members (excludes halogenated alkanes) is 2. The molecule has 0 aliphatic heterocycles. The largest absolute Gasteiger partial charge is 0.507 e. The molecule has 42 heavy (non-hydrogen) atoms. The summed E-state index contributed by atoms with van der Waals surface area (Å²) in [5, 5.41) is 12.7. The molecule has 0 radical (unpaired) electrons. The number of rotatable bonds is 11. The second-order valence-electron chi connectivity index (χ2n) is 10.7. The molecule has 0 fully saturated rings. The quantitative estimate of drug-likeness (QED) is 0.157. The zero-order chi connectivity index (χ0) is 28.9. The van der Waals surface area contributed by atoms with E-state index in [0.29, 0.717) is 0 Å². The topological polar surface area (TPSA) is 49.5 Å². The van der Waals surface area contributed by atoms with Crippen LogP contribution in [0.15, 0.2) is 95.4 Å². The first kappa shape index (κ1) is 27.8. The Balaban J connectivity index is 1.17. The van der Waals surface area contributed by atoms with Crippen molar-refractivity contribution in [3.8, 4) is 27.6 Å². The minimum atomic E-state index is 0.229. The number of furan rings is 1. The molecule has 0 atom stereocenters. The highest BCUT2D eigenvalue weighted by Crippen LogP contribution is 2.36. The molecule has 212 valence electrons. The summed E-state index contributed by atoms with van der Waals surface area (Å²) in [4.78, 5) is 7.18. The van der Waals surface area contributed by atoms with Gasteiger partial charge in [-0.3, -0.25) is 0 Å². The monoisotopic (exact) mass is 572 g/mol. The number of thiazole rings is 1. The molecule has 0 amide bonds. The number of anilines is 1. The molecule has 4 aromatic carbocycles. The summed E-state index contributed by atoms with van der Waals surface area (Å²) in [6, 6.07) is 30.9. The van der Waals surface area contributed by atoms with E-state index in [1.54, 1.807) is 17.4 Å². The van der Waals surface area contributed by atoms with E-state index in [0.717, 1.165) is 67.3 Å². The van der Waals surface area contributed by atoms with Gasteiger partial charge in [0.05, 0.1) is 15.8 Å². The van der Waals surface area contributed by atoms with Crippen molar-refractivity contribution in [2.45, 2.75) is 39.5 Å².